The van der Waals surface area contributed by atoms with Gasteiger partial charge < -0.3 is 10.4 Å². The molecule has 1 heterocycles. The van der Waals surface area contributed by atoms with E-state index in [1.165, 1.54) is 12.1 Å². The number of amides is 1. The Hall–Kier alpha value is -1.95. The summed E-state index contributed by atoms with van der Waals surface area (Å²) in [6.07, 6.45) is 5.09. The summed E-state index contributed by atoms with van der Waals surface area (Å²) < 4.78 is 13.3. The Morgan fingerprint density at radius 2 is 1.89 bits per heavy atom. The van der Waals surface area contributed by atoms with Crippen molar-refractivity contribution in [2.75, 3.05) is 19.6 Å². The highest BCUT2D eigenvalue weighted by Crippen LogP contribution is 2.35. The van der Waals surface area contributed by atoms with Crippen LogP contribution in [0.3, 0.4) is 0 Å². The summed E-state index contributed by atoms with van der Waals surface area (Å²) in [4.78, 5) is 26.0. The molecule has 1 amide bonds. The maximum absolute atomic E-state index is 13.3. The molecular weight excluding hydrogens is 347 g/mol. The molecule has 27 heavy (non-hydrogen) atoms. The SMILES string of the molecule is CC1CC(C(=O)O)CN(CC(=O)NC(c2ccc(F)cc2)C2CCCC2)C1. The van der Waals surface area contributed by atoms with Gasteiger partial charge in [-0.2, -0.15) is 0 Å². The van der Waals surface area contributed by atoms with Crippen molar-refractivity contribution in [1.82, 2.24) is 10.2 Å². The van der Waals surface area contributed by atoms with E-state index < -0.39 is 11.9 Å². The third-order valence-corrected chi connectivity index (χ3v) is 5.87. The summed E-state index contributed by atoms with van der Waals surface area (Å²) in [5.74, 6) is -0.944. The van der Waals surface area contributed by atoms with E-state index in [2.05, 4.69) is 5.32 Å². The van der Waals surface area contributed by atoms with Crippen molar-refractivity contribution in [3.8, 4) is 0 Å². The van der Waals surface area contributed by atoms with Crippen molar-refractivity contribution in [2.24, 2.45) is 17.8 Å². The minimum Gasteiger partial charge on any atom is -0.481 e. The molecule has 5 nitrogen and oxygen atoms in total. The standard InChI is InChI=1S/C21H29FN2O3/c1-14-10-17(21(26)27)12-24(11-14)13-19(25)23-20(15-4-2-3-5-15)16-6-8-18(22)9-7-16/h6-9,14-15,17,20H,2-5,10-13H2,1H3,(H,23,25)(H,26,27). The van der Waals surface area contributed by atoms with Gasteiger partial charge in [-0.1, -0.05) is 31.9 Å². The largest absolute Gasteiger partial charge is 0.481 e. The van der Waals surface area contributed by atoms with Crippen LogP contribution < -0.4 is 5.32 Å². The number of carbonyl (C=O) groups excluding carboxylic acids is 1. The number of carbonyl (C=O) groups is 2. The van der Waals surface area contributed by atoms with Gasteiger partial charge in [-0.25, -0.2) is 4.39 Å². The first-order valence-electron chi connectivity index (χ1n) is 9.92. The quantitative estimate of drug-likeness (QED) is 0.800. The van der Waals surface area contributed by atoms with Crippen LogP contribution in [0.25, 0.3) is 0 Å². The molecule has 1 aromatic carbocycles. The van der Waals surface area contributed by atoms with E-state index in [1.807, 2.05) is 11.8 Å². The number of piperidine rings is 1. The zero-order valence-corrected chi connectivity index (χ0v) is 15.9. The van der Waals surface area contributed by atoms with Crippen molar-refractivity contribution in [3.63, 3.8) is 0 Å². The predicted octanol–water partition coefficient (Wildman–Crippen LogP) is 3.22. The Balaban J connectivity index is 1.65. The molecule has 0 aromatic heterocycles. The summed E-state index contributed by atoms with van der Waals surface area (Å²) in [5.41, 5.74) is 0.937. The fourth-order valence-electron chi connectivity index (χ4n) is 4.63. The average Bonchev–Trinajstić information content (AvgIpc) is 3.14. The molecule has 1 aromatic rings. The minimum atomic E-state index is -0.790. The Morgan fingerprint density at radius 1 is 1.22 bits per heavy atom. The van der Waals surface area contributed by atoms with Crippen molar-refractivity contribution in [2.45, 2.75) is 45.1 Å². The predicted molar refractivity (Wildman–Crippen MR) is 101 cm³/mol. The van der Waals surface area contributed by atoms with E-state index >= 15 is 0 Å². The summed E-state index contributed by atoms with van der Waals surface area (Å²) in [6, 6.07) is 6.27. The molecular formula is C21H29FN2O3. The number of carboxylic acids is 1. The molecule has 1 aliphatic carbocycles. The smallest absolute Gasteiger partial charge is 0.307 e. The Kier molecular flexibility index (Phi) is 6.47. The van der Waals surface area contributed by atoms with Gasteiger partial charge in [-0.3, -0.25) is 14.5 Å². The van der Waals surface area contributed by atoms with E-state index in [1.54, 1.807) is 12.1 Å². The van der Waals surface area contributed by atoms with Crippen molar-refractivity contribution in [3.05, 3.63) is 35.6 Å². The number of aliphatic carboxylic acids is 1. The summed E-state index contributed by atoms with van der Waals surface area (Å²) in [6.45, 7) is 3.39. The zero-order chi connectivity index (χ0) is 19.4. The highest BCUT2D eigenvalue weighted by atomic mass is 19.1. The Morgan fingerprint density at radius 3 is 2.52 bits per heavy atom. The molecule has 2 aliphatic rings. The molecule has 6 heteroatoms. The van der Waals surface area contributed by atoms with Crippen LogP contribution in [-0.2, 0) is 9.59 Å². The lowest BCUT2D eigenvalue weighted by molar-refractivity contribution is -0.145. The Labute approximate surface area is 159 Å². The van der Waals surface area contributed by atoms with Crippen LogP contribution in [0.5, 0.6) is 0 Å². The van der Waals surface area contributed by atoms with Gasteiger partial charge in [0.05, 0.1) is 18.5 Å². The fourth-order valence-corrected chi connectivity index (χ4v) is 4.63. The van der Waals surface area contributed by atoms with Crippen molar-refractivity contribution in [1.29, 1.82) is 0 Å². The van der Waals surface area contributed by atoms with Gasteiger partial charge in [0.25, 0.3) is 0 Å². The first-order chi connectivity index (χ1) is 12.9. The molecule has 1 saturated heterocycles. The molecule has 3 unspecified atom stereocenters. The van der Waals surface area contributed by atoms with E-state index in [-0.39, 0.29) is 30.2 Å². The Bertz CT molecular complexity index is 658. The summed E-state index contributed by atoms with van der Waals surface area (Å²) in [5, 5.41) is 12.5. The topological polar surface area (TPSA) is 69.6 Å². The first-order valence-corrected chi connectivity index (χ1v) is 9.92. The maximum Gasteiger partial charge on any atom is 0.307 e. The number of rotatable bonds is 6. The van der Waals surface area contributed by atoms with Gasteiger partial charge in [-0.05, 0) is 48.8 Å². The number of nitrogens with zero attached hydrogens (tertiary/aromatic N) is 1. The number of benzene rings is 1. The molecule has 0 spiro atoms. The van der Waals surface area contributed by atoms with E-state index in [0.717, 1.165) is 37.8 Å². The van der Waals surface area contributed by atoms with Crippen molar-refractivity contribution >= 4 is 11.9 Å². The number of carboxylic acid groups (broad SMARTS) is 1. The lowest BCUT2D eigenvalue weighted by Crippen LogP contribution is -2.47. The van der Waals surface area contributed by atoms with Crippen LogP contribution in [0.1, 0.15) is 50.6 Å². The fraction of sp³-hybridized carbons (Fsp3) is 0.619. The minimum absolute atomic E-state index is 0.0885. The second kappa shape index (κ2) is 8.83. The number of nitrogens with one attached hydrogen (secondary N) is 1. The normalized spacial score (nSPS) is 25.3. The van der Waals surface area contributed by atoms with Crippen molar-refractivity contribution < 1.29 is 19.1 Å². The molecule has 1 aliphatic heterocycles. The molecule has 0 bridgehead atoms. The number of hydrogen-bond donors (Lipinski definition) is 2. The van der Waals surface area contributed by atoms with Gasteiger partial charge in [0.2, 0.25) is 5.91 Å². The van der Waals surface area contributed by atoms with Crippen LogP contribution in [0, 0.1) is 23.6 Å². The molecule has 1 saturated carbocycles. The molecule has 2 N–H and O–H groups in total. The molecule has 0 radical (unpaired) electrons. The van der Waals surface area contributed by atoms with Crippen LogP contribution in [0.2, 0.25) is 0 Å². The van der Waals surface area contributed by atoms with Crippen LogP contribution in [-0.4, -0.2) is 41.5 Å². The third kappa shape index (κ3) is 5.28. The van der Waals surface area contributed by atoms with Gasteiger partial charge in [-0.15, -0.1) is 0 Å². The highest BCUT2D eigenvalue weighted by Gasteiger charge is 2.32. The van der Waals surface area contributed by atoms with Crippen LogP contribution >= 0.6 is 0 Å². The average molecular weight is 376 g/mol. The second-order valence-corrected chi connectivity index (χ2v) is 8.21. The lowest BCUT2D eigenvalue weighted by atomic mass is 9.90. The monoisotopic (exact) mass is 376 g/mol. The lowest BCUT2D eigenvalue weighted by Gasteiger charge is -2.34. The molecule has 3 atom stereocenters. The molecule has 2 fully saturated rings. The van der Waals surface area contributed by atoms with Crippen LogP contribution in [0.15, 0.2) is 24.3 Å². The van der Waals surface area contributed by atoms with Gasteiger partial charge in [0, 0.05) is 13.1 Å². The number of hydrogen-bond acceptors (Lipinski definition) is 3. The van der Waals surface area contributed by atoms with E-state index in [9.17, 15) is 19.1 Å². The maximum atomic E-state index is 13.3. The first kappa shape index (κ1) is 19.8. The number of likely N-dealkylation sites (tertiary alicyclic amines) is 1. The molecule has 3 rings (SSSR count). The van der Waals surface area contributed by atoms with Gasteiger partial charge in [0.15, 0.2) is 0 Å². The molecule has 148 valence electrons. The zero-order valence-electron chi connectivity index (χ0n) is 15.9. The van der Waals surface area contributed by atoms with E-state index in [4.69, 9.17) is 0 Å². The highest BCUT2D eigenvalue weighted by molar-refractivity contribution is 5.79. The van der Waals surface area contributed by atoms with E-state index in [0.29, 0.717) is 18.9 Å². The second-order valence-electron chi connectivity index (χ2n) is 8.21. The number of halogens is 1. The summed E-state index contributed by atoms with van der Waals surface area (Å²) >= 11 is 0. The third-order valence-electron chi connectivity index (χ3n) is 5.87. The van der Waals surface area contributed by atoms with Gasteiger partial charge >= 0.3 is 5.97 Å². The summed E-state index contributed by atoms with van der Waals surface area (Å²) in [7, 11) is 0. The van der Waals surface area contributed by atoms with Crippen LogP contribution in [0.4, 0.5) is 4.39 Å². The van der Waals surface area contributed by atoms with Gasteiger partial charge in [0.1, 0.15) is 5.82 Å².